The van der Waals surface area contributed by atoms with E-state index in [-0.39, 0.29) is 17.1 Å². The number of hydrogen-bond donors (Lipinski definition) is 1. The molecule has 10 heteroatoms. The highest BCUT2D eigenvalue weighted by atomic mass is 32.1. The fourth-order valence-corrected chi connectivity index (χ4v) is 4.09. The van der Waals surface area contributed by atoms with Crippen LogP contribution in [0.2, 0.25) is 0 Å². The zero-order chi connectivity index (χ0) is 20.0. The molecule has 144 valence electrons. The summed E-state index contributed by atoms with van der Waals surface area (Å²) in [5.74, 6) is -0.295. The smallest absolute Gasteiger partial charge is 0.312 e. The number of para-hydroxylation sites is 1. The van der Waals surface area contributed by atoms with Gasteiger partial charge in [-0.1, -0.05) is 30.4 Å². The van der Waals surface area contributed by atoms with Gasteiger partial charge in [-0.2, -0.15) is 0 Å². The molecule has 3 heterocycles. The first-order chi connectivity index (χ1) is 13.4. The van der Waals surface area contributed by atoms with Gasteiger partial charge in [-0.3, -0.25) is 18.7 Å². The normalized spacial score (nSPS) is 12.5. The fraction of sp³-hybridized carbons (Fsp3) is 0.278. The second-order valence-corrected chi connectivity index (χ2v) is 7.46. The van der Waals surface area contributed by atoms with Crippen LogP contribution in [0.5, 0.6) is 0 Å². The summed E-state index contributed by atoms with van der Waals surface area (Å²) in [6, 6.07) is 6.96. The lowest BCUT2D eigenvalue weighted by Gasteiger charge is -2.16. The van der Waals surface area contributed by atoms with Crippen LogP contribution >= 0.6 is 11.3 Å². The zero-order valence-corrected chi connectivity index (χ0v) is 16.4. The summed E-state index contributed by atoms with van der Waals surface area (Å²) >= 11 is 1.39. The Hall–Kier alpha value is -3.27. The average Bonchev–Trinajstić information content (AvgIpc) is 3.29. The molecule has 1 aromatic carbocycles. The standard InChI is InChI=1S/C18H18N6O3S/c1-4-11(15(25)21-17-20-10-7-5-6-8-12(10)28-17)24-9-19-14-13(24)16(26)23(3)18(27)22(14)2/h5-9,11H,4H2,1-3H3,(H,20,21,25)/t11-/m0/s1. The molecule has 1 atom stereocenters. The van der Waals surface area contributed by atoms with E-state index < -0.39 is 17.3 Å². The van der Waals surface area contributed by atoms with E-state index in [0.29, 0.717) is 11.6 Å². The van der Waals surface area contributed by atoms with Gasteiger partial charge in [-0.25, -0.2) is 14.8 Å². The van der Waals surface area contributed by atoms with Crippen molar-refractivity contribution in [3.8, 4) is 0 Å². The highest BCUT2D eigenvalue weighted by molar-refractivity contribution is 7.22. The van der Waals surface area contributed by atoms with Crippen LogP contribution < -0.4 is 16.6 Å². The summed E-state index contributed by atoms with van der Waals surface area (Å²) in [5.41, 5.74) is 0.333. The summed E-state index contributed by atoms with van der Waals surface area (Å²) in [6.07, 6.45) is 1.87. The number of fused-ring (bicyclic) bond motifs is 2. The SMILES string of the molecule is CC[C@@H](C(=O)Nc1nc2ccccc2s1)n1cnc2c1c(=O)n(C)c(=O)n2C. The first-order valence-corrected chi connectivity index (χ1v) is 9.53. The number of aryl methyl sites for hydroxylation is 1. The van der Waals surface area contributed by atoms with Gasteiger partial charge in [-0.15, -0.1) is 0 Å². The second kappa shape index (κ2) is 6.71. The molecule has 3 aromatic heterocycles. The minimum Gasteiger partial charge on any atom is -0.312 e. The summed E-state index contributed by atoms with van der Waals surface area (Å²) in [7, 11) is 2.95. The monoisotopic (exact) mass is 398 g/mol. The number of carbonyl (C=O) groups excluding carboxylic acids is 1. The van der Waals surface area contributed by atoms with Crippen LogP contribution in [0, 0.1) is 0 Å². The number of anilines is 1. The summed E-state index contributed by atoms with van der Waals surface area (Å²) in [5, 5.41) is 3.33. The highest BCUT2D eigenvalue weighted by Crippen LogP contribution is 2.27. The predicted molar refractivity (Wildman–Crippen MR) is 108 cm³/mol. The Morgan fingerprint density at radius 2 is 1.96 bits per heavy atom. The molecule has 4 rings (SSSR count). The Morgan fingerprint density at radius 3 is 2.68 bits per heavy atom. The number of rotatable bonds is 4. The molecule has 0 aliphatic heterocycles. The van der Waals surface area contributed by atoms with Crippen LogP contribution in [0.3, 0.4) is 0 Å². The number of amides is 1. The largest absolute Gasteiger partial charge is 0.332 e. The lowest BCUT2D eigenvalue weighted by atomic mass is 10.2. The molecule has 0 fully saturated rings. The van der Waals surface area contributed by atoms with Gasteiger partial charge in [0, 0.05) is 14.1 Å². The number of thiazole rings is 1. The van der Waals surface area contributed by atoms with Gasteiger partial charge in [0.2, 0.25) is 5.91 Å². The van der Waals surface area contributed by atoms with E-state index in [0.717, 1.165) is 14.8 Å². The molecule has 1 N–H and O–H groups in total. The summed E-state index contributed by atoms with van der Waals surface area (Å²) in [4.78, 5) is 46.3. The van der Waals surface area contributed by atoms with Crippen molar-refractivity contribution >= 4 is 43.8 Å². The van der Waals surface area contributed by atoms with Crippen LogP contribution in [-0.2, 0) is 18.9 Å². The zero-order valence-electron chi connectivity index (χ0n) is 15.5. The molecule has 0 bridgehead atoms. The van der Waals surface area contributed by atoms with Crippen molar-refractivity contribution in [3.63, 3.8) is 0 Å². The number of benzene rings is 1. The number of hydrogen-bond acceptors (Lipinski definition) is 6. The fourth-order valence-electron chi connectivity index (χ4n) is 3.22. The number of nitrogens with one attached hydrogen (secondary N) is 1. The molecule has 1 amide bonds. The van der Waals surface area contributed by atoms with Crippen molar-refractivity contribution in [3.05, 3.63) is 51.4 Å². The van der Waals surface area contributed by atoms with E-state index >= 15 is 0 Å². The number of imidazole rings is 1. The van der Waals surface area contributed by atoms with E-state index in [9.17, 15) is 14.4 Å². The van der Waals surface area contributed by atoms with E-state index in [4.69, 9.17) is 0 Å². The summed E-state index contributed by atoms with van der Waals surface area (Å²) in [6.45, 7) is 1.85. The molecule has 0 aliphatic carbocycles. The number of aromatic nitrogens is 5. The number of carbonyl (C=O) groups is 1. The molecule has 0 spiro atoms. The van der Waals surface area contributed by atoms with Crippen LogP contribution in [0.15, 0.2) is 40.2 Å². The Morgan fingerprint density at radius 1 is 1.21 bits per heavy atom. The van der Waals surface area contributed by atoms with Crippen molar-refractivity contribution in [1.82, 2.24) is 23.7 Å². The van der Waals surface area contributed by atoms with Gasteiger partial charge in [0.05, 0.1) is 16.5 Å². The molecule has 28 heavy (non-hydrogen) atoms. The lowest BCUT2D eigenvalue weighted by molar-refractivity contribution is -0.119. The topological polar surface area (TPSA) is 104 Å². The maximum Gasteiger partial charge on any atom is 0.332 e. The Labute approximate surface area is 162 Å². The molecular formula is C18H18N6O3S. The predicted octanol–water partition coefficient (Wildman–Crippen LogP) is 1.63. The van der Waals surface area contributed by atoms with Gasteiger partial charge < -0.3 is 9.88 Å². The molecule has 4 aromatic rings. The van der Waals surface area contributed by atoms with Crippen molar-refractivity contribution in [2.24, 2.45) is 14.1 Å². The van der Waals surface area contributed by atoms with Crippen LogP contribution in [0.1, 0.15) is 19.4 Å². The minimum absolute atomic E-state index is 0.218. The third-order valence-electron chi connectivity index (χ3n) is 4.72. The first kappa shape index (κ1) is 18.1. The van der Waals surface area contributed by atoms with Crippen LogP contribution in [0.4, 0.5) is 5.13 Å². The first-order valence-electron chi connectivity index (χ1n) is 8.71. The minimum atomic E-state index is -0.665. The third-order valence-corrected chi connectivity index (χ3v) is 5.67. The quantitative estimate of drug-likeness (QED) is 0.563. The van der Waals surface area contributed by atoms with Crippen molar-refractivity contribution in [1.29, 1.82) is 0 Å². The van der Waals surface area contributed by atoms with Crippen LogP contribution in [0.25, 0.3) is 21.4 Å². The van der Waals surface area contributed by atoms with E-state index in [1.807, 2.05) is 31.2 Å². The molecular weight excluding hydrogens is 380 g/mol. The molecule has 0 radical (unpaired) electrons. The highest BCUT2D eigenvalue weighted by Gasteiger charge is 2.24. The van der Waals surface area contributed by atoms with E-state index in [1.165, 1.54) is 33.8 Å². The van der Waals surface area contributed by atoms with E-state index in [2.05, 4.69) is 15.3 Å². The van der Waals surface area contributed by atoms with Gasteiger partial charge >= 0.3 is 5.69 Å². The van der Waals surface area contributed by atoms with Gasteiger partial charge in [0.25, 0.3) is 5.56 Å². The van der Waals surface area contributed by atoms with Gasteiger partial charge in [-0.05, 0) is 18.6 Å². The maximum atomic E-state index is 12.9. The van der Waals surface area contributed by atoms with Gasteiger partial charge in [0.1, 0.15) is 6.04 Å². The molecule has 9 nitrogen and oxygen atoms in total. The van der Waals surface area contributed by atoms with Crippen molar-refractivity contribution in [2.45, 2.75) is 19.4 Å². The Bertz CT molecular complexity index is 1300. The number of nitrogens with zero attached hydrogens (tertiary/aromatic N) is 5. The molecule has 0 aliphatic rings. The molecule has 0 unspecified atom stereocenters. The lowest BCUT2D eigenvalue weighted by Crippen LogP contribution is -2.38. The van der Waals surface area contributed by atoms with E-state index in [1.54, 1.807) is 7.05 Å². The van der Waals surface area contributed by atoms with Crippen LogP contribution in [-0.4, -0.2) is 29.6 Å². The Kier molecular flexibility index (Phi) is 4.34. The summed E-state index contributed by atoms with van der Waals surface area (Å²) < 4.78 is 4.81. The second-order valence-electron chi connectivity index (χ2n) is 6.43. The van der Waals surface area contributed by atoms with Gasteiger partial charge in [0.15, 0.2) is 16.3 Å². The molecule has 0 saturated carbocycles. The third kappa shape index (κ3) is 2.73. The van der Waals surface area contributed by atoms with Crippen molar-refractivity contribution < 1.29 is 4.79 Å². The maximum absolute atomic E-state index is 12.9. The van der Waals surface area contributed by atoms with Crippen molar-refractivity contribution in [2.75, 3.05) is 5.32 Å². The Balaban J connectivity index is 1.75. The average molecular weight is 398 g/mol. The molecule has 0 saturated heterocycles.